The Hall–Kier alpha value is -2.68. The highest BCUT2D eigenvalue weighted by molar-refractivity contribution is 6.02. The van der Waals surface area contributed by atoms with Crippen LogP contribution in [0.2, 0.25) is 0 Å². The summed E-state index contributed by atoms with van der Waals surface area (Å²) in [6.45, 7) is 14.8. The highest BCUT2D eigenvalue weighted by Gasteiger charge is 2.64. The lowest BCUT2D eigenvalue weighted by atomic mass is 9.40. The van der Waals surface area contributed by atoms with E-state index in [4.69, 9.17) is 4.74 Å². The number of nitrogens with zero attached hydrogens (tertiary/aromatic N) is 1. The number of amides is 1. The fourth-order valence-corrected chi connectivity index (χ4v) is 9.49. The van der Waals surface area contributed by atoms with Crippen molar-refractivity contribution in [2.24, 2.45) is 45.8 Å². The first kappa shape index (κ1) is 26.9. The molecule has 1 N–H and O–H groups in total. The van der Waals surface area contributed by atoms with Crippen LogP contribution in [0.4, 0.5) is 4.79 Å². The second-order valence-electron chi connectivity index (χ2n) is 13.9. The molecule has 0 radical (unpaired) electrons. The van der Waals surface area contributed by atoms with Gasteiger partial charge in [-0.15, -0.1) is 0 Å². The number of fused-ring (bicyclic) bond motifs is 7. The van der Waals surface area contributed by atoms with E-state index < -0.39 is 17.0 Å². The SMILES string of the molecule is C=CCOC(=O)NC12CCC3C(C(=O)C=C4C5(C)C=C(C#N)C(=O)C(C)C5CCC43C)C1CC(C)(C)CC2. The molecule has 0 heterocycles. The fraction of sp³-hybridized carbons (Fsp3) is 0.688. The van der Waals surface area contributed by atoms with Crippen molar-refractivity contribution in [3.05, 3.63) is 36.0 Å². The topological polar surface area (TPSA) is 96.3 Å². The van der Waals surface area contributed by atoms with E-state index in [0.29, 0.717) is 0 Å². The summed E-state index contributed by atoms with van der Waals surface area (Å²) in [7, 11) is 0. The zero-order chi connectivity index (χ0) is 27.7. The molecule has 8 unspecified atom stereocenters. The predicted octanol–water partition coefficient (Wildman–Crippen LogP) is 6.09. The number of rotatable bonds is 3. The average molecular weight is 519 g/mol. The standard InChI is InChI=1S/C32H42N2O4/c1-7-14-38-28(37)34-32-11-9-22-26(23(32)17-29(3,4)12-13-32)24(35)15-25-30(22,5)10-8-21-19(2)27(36)20(18-33)16-31(21,25)6/h7,15-16,19,21-23,26H,1,8-14,17H2,2-6H3,(H,34,37). The van der Waals surface area contributed by atoms with E-state index in [1.165, 1.54) is 0 Å². The number of hydrogen-bond acceptors (Lipinski definition) is 5. The molecular weight excluding hydrogens is 476 g/mol. The van der Waals surface area contributed by atoms with Crippen molar-refractivity contribution in [1.29, 1.82) is 5.26 Å². The lowest BCUT2D eigenvalue weighted by Crippen LogP contribution is -2.66. The van der Waals surface area contributed by atoms with Crippen LogP contribution in [0.5, 0.6) is 0 Å². The van der Waals surface area contributed by atoms with Crippen LogP contribution in [0.3, 0.4) is 0 Å². The highest BCUT2D eigenvalue weighted by atomic mass is 16.5. The summed E-state index contributed by atoms with van der Waals surface area (Å²) in [4.78, 5) is 39.9. The number of carbonyl (C=O) groups is 3. The van der Waals surface area contributed by atoms with Crippen LogP contribution in [0.15, 0.2) is 36.0 Å². The third-order valence-corrected chi connectivity index (χ3v) is 11.4. The van der Waals surface area contributed by atoms with E-state index in [1.54, 1.807) is 6.08 Å². The van der Waals surface area contributed by atoms with Gasteiger partial charge in [0.1, 0.15) is 12.7 Å². The minimum atomic E-state index is -0.487. The summed E-state index contributed by atoms with van der Waals surface area (Å²) in [6.07, 6.45) is 11.1. The Balaban J connectivity index is 1.58. The molecule has 3 fully saturated rings. The van der Waals surface area contributed by atoms with Crippen molar-refractivity contribution in [3.8, 4) is 6.07 Å². The van der Waals surface area contributed by atoms with Crippen molar-refractivity contribution in [3.63, 3.8) is 0 Å². The van der Waals surface area contributed by atoms with Gasteiger partial charge >= 0.3 is 6.09 Å². The summed E-state index contributed by atoms with van der Waals surface area (Å²) in [6, 6.07) is 2.14. The minimum Gasteiger partial charge on any atom is -0.445 e. The number of Topliss-reactive ketones (excluding diaryl/α,β-unsaturated/α-hetero) is 1. The molecule has 0 aromatic heterocycles. The molecule has 1 amide bonds. The Morgan fingerprint density at radius 1 is 1.13 bits per heavy atom. The lowest BCUT2D eigenvalue weighted by molar-refractivity contribution is -0.139. The zero-order valence-corrected chi connectivity index (χ0v) is 23.6. The second-order valence-corrected chi connectivity index (χ2v) is 13.9. The molecular formula is C32H42N2O4. The third kappa shape index (κ3) is 3.83. The van der Waals surface area contributed by atoms with Crippen LogP contribution in [0, 0.1) is 57.2 Å². The Labute approximate surface area is 226 Å². The molecule has 5 rings (SSSR count). The van der Waals surface area contributed by atoms with Crippen molar-refractivity contribution >= 4 is 17.7 Å². The van der Waals surface area contributed by atoms with Gasteiger partial charge < -0.3 is 10.1 Å². The average Bonchev–Trinajstić information content (AvgIpc) is 2.86. The first-order chi connectivity index (χ1) is 17.8. The molecule has 5 aliphatic carbocycles. The predicted molar refractivity (Wildman–Crippen MR) is 145 cm³/mol. The van der Waals surface area contributed by atoms with Crippen LogP contribution in [0.25, 0.3) is 0 Å². The summed E-state index contributed by atoms with van der Waals surface area (Å²) in [5.74, 6) is -0.0350. The summed E-state index contributed by atoms with van der Waals surface area (Å²) in [5.41, 5.74) is 0.293. The maximum Gasteiger partial charge on any atom is 0.407 e. The largest absolute Gasteiger partial charge is 0.445 e. The Morgan fingerprint density at radius 3 is 2.53 bits per heavy atom. The molecule has 0 bridgehead atoms. The Bertz CT molecular complexity index is 1190. The Kier molecular flexibility index (Phi) is 6.32. The summed E-state index contributed by atoms with van der Waals surface area (Å²) < 4.78 is 5.34. The maximum atomic E-state index is 14.2. The van der Waals surface area contributed by atoms with Crippen LogP contribution >= 0.6 is 0 Å². The molecule has 0 aromatic rings. The Morgan fingerprint density at radius 2 is 1.84 bits per heavy atom. The number of ketones is 2. The molecule has 0 spiro atoms. The van der Waals surface area contributed by atoms with Crippen molar-refractivity contribution < 1.29 is 19.1 Å². The van der Waals surface area contributed by atoms with Gasteiger partial charge in [0.25, 0.3) is 0 Å². The van der Waals surface area contributed by atoms with Gasteiger partial charge in [-0.2, -0.15) is 5.26 Å². The van der Waals surface area contributed by atoms with E-state index in [-0.39, 0.29) is 64.2 Å². The molecule has 3 saturated carbocycles. The molecule has 6 nitrogen and oxygen atoms in total. The summed E-state index contributed by atoms with van der Waals surface area (Å²) >= 11 is 0. The number of allylic oxidation sites excluding steroid dienone is 4. The molecule has 5 aliphatic rings. The molecule has 0 aromatic carbocycles. The van der Waals surface area contributed by atoms with E-state index in [2.05, 4.69) is 45.7 Å². The van der Waals surface area contributed by atoms with Crippen LogP contribution < -0.4 is 5.32 Å². The van der Waals surface area contributed by atoms with Gasteiger partial charge in [0, 0.05) is 22.8 Å². The first-order valence-electron chi connectivity index (χ1n) is 14.3. The van der Waals surface area contributed by atoms with Crippen LogP contribution in [-0.2, 0) is 14.3 Å². The molecule has 6 heteroatoms. The number of nitriles is 1. The van der Waals surface area contributed by atoms with E-state index in [9.17, 15) is 19.6 Å². The molecule has 38 heavy (non-hydrogen) atoms. The second kappa shape index (κ2) is 8.93. The van der Waals surface area contributed by atoms with E-state index in [0.717, 1.165) is 50.5 Å². The van der Waals surface area contributed by atoms with Crippen LogP contribution in [0.1, 0.15) is 79.6 Å². The number of carbonyl (C=O) groups excluding carboxylic acids is 3. The van der Waals surface area contributed by atoms with Gasteiger partial charge in [0.05, 0.1) is 5.57 Å². The monoisotopic (exact) mass is 518 g/mol. The molecule has 8 atom stereocenters. The van der Waals surface area contributed by atoms with Crippen LogP contribution in [-0.4, -0.2) is 29.8 Å². The first-order valence-corrected chi connectivity index (χ1v) is 14.3. The highest BCUT2D eigenvalue weighted by Crippen LogP contribution is 2.68. The fourth-order valence-electron chi connectivity index (χ4n) is 9.49. The summed E-state index contributed by atoms with van der Waals surface area (Å²) in [5, 5.41) is 13.0. The van der Waals surface area contributed by atoms with E-state index >= 15 is 0 Å². The lowest BCUT2D eigenvalue weighted by Gasteiger charge is -2.64. The van der Waals surface area contributed by atoms with Crippen molar-refractivity contribution in [2.45, 2.75) is 85.1 Å². The third-order valence-electron chi connectivity index (χ3n) is 11.4. The number of alkyl carbamates (subject to hydrolysis) is 1. The van der Waals surface area contributed by atoms with Crippen molar-refractivity contribution in [1.82, 2.24) is 5.32 Å². The van der Waals surface area contributed by atoms with Gasteiger partial charge in [-0.25, -0.2) is 4.79 Å². The van der Waals surface area contributed by atoms with E-state index in [1.807, 2.05) is 19.1 Å². The van der Waals surface area contributed by atoms with Gasteiger partial charge in [-0.1, -0.05) is 58.9 Å². The number of ether oxygens (including phenoxy) is 1. The van der Waals surface area contributed by atoms with Crippen molar-refractivity contribution in [2.75, 3.05) is 6.61 Å². The van der Waals surface area contributed by atoms with Gasteiger partial charge in [-0.3, -0.25) is 9.59 Å². The maximum absolute atomic E-state index is 14.2. The molecule has 0 saturated heterocycles. The number of hydrogen-bond donors (Lipinski definition) is 1. The quantitative estimate of drug-likeness (QED) is 0.456. The normalized spacial score (nSPS) is 43.1. The molecule has 204 valence electrons. The minimum absolute atomic E-state index is 0.0333. The van der Waals surface area contributed by atoms with Gasteiger partial charge in [0.2, 0.25) is 0 Å². The zero-order valence-electron chi connectivity index (χ0n) is 23.6. The smallest absolute Gasteiger partial charge is 0.407 e. The number of nitrogens with one attached hydrogen (secondary N) is 1. The van der Waals surface area contributed by atoms with Gasteiger partial charge in [-0.05, 0) is 79.6 Å². The van der Waals surface area contributed by atoms with Gasteiger partial charge in [0.15, 0.2) is 11.6 Å². The molecule has 0 aliphatic heterocycles.